The molecule has 0 aliphatic carbocycles. The molecule has 0 N–H and O–H groups in total. The largest absolute Gasteiger partial charge is 0.469 e. The predicted octanol–water partition coefficient (Wildman–Crippen LogP) is 0.927. The lowest BCUT2D eigenvalue weighted by atomic mass is 9.99. The summed E-state index contributed by atoms with van der Waals surface area (Å²) in [7, 11) is 1.44. The third kappa shape index (κ3) is 2.26. The predicted molar refractivity (Wildman–Crippen MR) is 56.9 cm³/mol. The summed E-state index contributed by atoms with van der Waals surface area (Å²) in [6.45, 7) is 1.64. The van der Waals surface area contributed by atoms with E-state index in [2.05, 4.69) is 14.3 Å². The van der Waals surface area contributed by atoms with Crippen LogP contribution in [0.4, 0.5) is 5.13 Å². The summed E-state index contributed by atoms with van der Waals surface area (Å²) in [6.07, 6.45) is 3.45. The Labute approximate surface area is 92.2 Å². The maximum Gasteiger partial charge on any atom is 0.310 e. The van der Waals surface area contributed by atoms with Gasteiger partial charge >= 0.3 is 5.97 Å². The fourth-order valence-corrected chi connectivity index (χ4v) is 2.38. The number of nitrogens with zero attached hydrogens (tertiary/aromatic N) is 3. The number of rotatable bonds is 2. The minimum atomic E-state index is -0.121. The highest BCUT2D eigenvalue weighted by Crippen LogP contribution is 2.24. The first-order valence-electron chi connectivity index (χ1n) is 4.90. The van der Waals surface area contributed by atoms with E-state index in [1.54, 1.807) is 6.33 Å². The molecule has 1 aromatic rings. The Bertz CT molecular complexity index is 328. The van der Waals surface area contributed by atoms with Gasteiger partial charge in [-0.25, -0.2) is 4.98 Å². The van der Waals surface area contributed by atoms with Crippen molar-refractivity contribution in [3.8, 4) is 0 Å². The third-order valence-corrected chi connectivity index (χ3v) is 3.30. The van der Waals surface area contributed by atoms with Crippen molar-refractivity contribution in [2.24, 2.45) is 5.92 Å². The summed E-state index contributed by atoms with van der Waals surface area (Å²) >= 11 is 1.36. The van der Waals surface area contributed by atoms with E-state index in [1.165, 1.54) is 18.6 Å². The van der Waals surface area contributed by atoms with Crippen LogP contribution in [0.5, 0.6) is 0 Å². The number of carbonyl (C=O) groups excluding carboxylic acids is 1. The van der Waals surface area contributed by atoms with Crippen molar-refractivity contribution in [2.45, 2.75) is 12.8 Å². The maximum absolute atomic E-state index is 11.4. The zero-order valence-electron chi connectivity index (χ0n) is 8.55. The zero-order valence-corrected chi connectivity index (χ0v) is 9.37. The van der Waals surface area contributed by atoms with Crippen molar-refractivity contribution in [2.75, 3.05) is 25.1 Å². The zero-order chi connectivity index (χ0) is 10.7. The number of hydrogen-bond acceptors (Lipinski definition) is 6. The van der Waals surface area contributed by atoms with Gasteiger partial charge in [0.1, 0.15) is 6.33 Å². The Morgan fingerprint density at radius 2 is 2.60 bits per heavy atom. The number of anilines is 1. The number of ether oxygens (including phenoxy) is 1. The van der Waals surface area contributed by atoms with Crippen LogP contribution < -0.4 is 4.90 Å². The molecule has 5 nitrogen and oxygen atoms in total. The topological polar surface area (TPSA) is 55.3 Å². The van der Waals surface area contributed by atoms with Crippen LogP contribution in [0.2, 0.25) is 0 Å². The van der Waals surface area contributed by atoms with Gasteiger partial charge in [0.25, 0.3) is 0 Å². The minimum Gasteiger partial charge on any atom is -0.469 e. The first kappa shape index (κ1) is 10.4. The first-order chi connectivity index (χ1) is 7.31. The number of esters is 1. The molecule has 1 saturated heterocycles. The Morgan fingerprint density at radius 1 is 1.73 bits per heavy atom. The number of aromatic nitrogens is 2. The van der Waals surface area contributed by atoms with Crippen LogP contribution in [0.15, 0.2) is 6.33 Å². The summed E-state index contributed by atoms with van der Waals surface area (Å²) < 4.78 is 8.72. The lowest BCUT2D eigenvalue weighted by molar-refractivity contribution is -0.145. The quantitative estimate of drug-likeness (QED) is 0.703. The van der Waals surface area contributed by atoms with Gasteiger partial charge in [0.05, 0.1) is 13.0 Å². The van der Waals surface area contributed by atoms with Crippen LogP contribution in [-0.4, -0.2) is 35.5 Å². The van der Waals surface area contributed by atoms with Gasteiger partial charge in [0, 0.05) is 24.6 Å². The standard InChI is InChI=1S/C9H13N3O2S/c1-14-8(13)7-3-2-4-12(5-7)9-10-6-11-15-9/h6-7H,2-5H2,1H3. The van der Waals surface area contributed by atoms with Crippen molar-refractivity contribution in [1.29, 1.82) is 0 Å². The van der Waals surface area contributed by atoms with Gasteiger partial charge < -0.3 is 9.64 Å². The highest BCUT2D eigenvalue weighted by molar-refractivity contribution is 7.09. The van der Waals surface area contributed by atoms with Crippen LogP contribution in [0.1, 0.15) is 12.8 Å². The van der Waals surface area contributed by atoms with E-state index >= 15 is 0 Å². The van der Waals surface area contributed by atoms with Crippen molar-refractivity contribution >= 4 is 22.6 Å². The Morgan fingerprint density at radius 3 is 3.27 bits per heavy atom. The van der Waals surface area contributed by atoms with Crippen molar-refractivity contribution in [3.05, 3.63) is 6.33 Å². The van der Waals surface area contributed by atoms with Gasteiger partial charge in [0.15, 0.2) is 0 Å². The van der Waals surface area contributed by atoms with Gasteiger partial charge in [-0.15, -0.1) is 0 Å². The average Bonchev–Trinajstić information content (AvgIpc) is 2.82. The lowest BCUT2D eigenvalue weighted by Crippen LogP contribution is -2.39. The molecule has 2 heterocycles. The Balaban J connectivity index is 2.01. The molecule has 0 saturated carbocycles. The van der Waals surface area contributed by atoms with Gasteiger partial charge in [0.2, 0.25) is 5.13 Å². The minimum absolute atomic E-state index is 0.0207. The second kappa shape index (κ2) is 4.57. The van der Waals surface area contributed by atoms with Crippen LogP contribution in [0.3, 0.4) is 0 Å². The molecular formula is C9H13N3O2S. The molecule has 15 heavy (non-hydrogen) atoms. The molecule has 1 aliphatic heterocycles. The number of hydrogen-bond donors (Lipinski definition) is 0. The van der Waals surface area contributed by atoms with E-state index in [9.17, 15) is 4.79 Å². The molecule has 0 aromatic carbocycles. The van der Waals surface area contributed by atoms with Gasteiger partial charge in [-0.3, -0.25) is 4.79 Å². The fourth-order valence-electron chi connectivity index (χ4n) is 1.82. The van der Waals surface area contributed by atoms with Crippen LogP contribution in [0.25, 0.3) is 0 Å². The highest BCUT2D eigenvalue weighted by atomic mass is 32.1. The number of carbonyl (C=O) groups is 1. The molecule has 1 unspecified atom stereocenters. The van der Waals surface area contributed by atoms with E-state index in [-0.39, 0.29) is 11.9 Å². The molecule has 1 aliphatic rings. The van der Waals surface area contributed by atoms with E-state index in [1.807, 2.05) is 0 Å². The normalized spacial score (nSPS) is 21.4. The molecule has 1 aromatic heterocycles. The van der Waals surface area contributed by atoms with Gasteiger partial charge in [-0.05, 0) is 12.8 Å². The van der Waals surface area contributed by atoms with E-state index in [4.69, 9.17) is 4.74 Å². The molecule has 1 fully saturated rings. The van der Waals surface area contributed by atoms with Crippen molar-refractivity contribution in [1.82, 2.24) is 9.36 Å². The maximum atomic E-state index is 11.4. The second-order valence-corrected chi connectivity index (χ2v) is 4.29. The SMILES string of the molecule is COC(=O)C1CCCN(c2ncns2)C1. The van der Waals surface area contributed by atoms with Gasteiger partial charge in [-0.2, -0.15) is 4.37 Å². The fraction of sp³-hybridized carbons (Fsp3) is 0.667. The molecule has 0 bridgehead atoms. The average molecular weight is 227 g/mol. The lowest BCUT2D eigenvalue weighted by Gasteiger charge is -2.30. The van der Waals surface area contributed by atoms with E-state index in [0.29, 0.717) is 6.54 Å². The first-order valence-corrected chi connectivity index (χ1v) is 5.68. The molecule has 82 valence electrons. The summed E-state index contributed by atoms with van der Waals surface area (Å²) in [4.78, 5) is 17.6. The van der Waals surface area contributed by atoms with E-state index in [0.717, 1.165) is 24.5 Å². The molecule has 0 amide bonds. The second-order valence-electron chi connectivity index (χ2n) is 3.53. The molecular weight excluding hydrogens is 214 g/mol. The third-order valence-electron chi connectivity index (χ3n) is 2.58. The monoisotopic (exact) mass is 227 g/mol. The molecule has 0 spiro atoms. The van der Waals surface area contributed by atoms with Crippen LogP contribution >= 0.6 is 11.5 Å². The Hall–Kier alpha value is -1.17. The summed E-state index contributed by atoms with van der Waals surface area (Å²) in [5.41, 5.74) is 0. The molecule has 1 atom stereocenters. The highest BCUT2D eigenvalue weighted by Gasteiger charge is 2.27. The molecule has 0 radical (unpaired) electrons. The smallest absolute Gasteiger partial charge is 0.310 e. The van der Waals surface area contributed by atoms with E-state index < -0.39 is 0 Å². The molecule has 6 heteroatoms. The van der Waals surface area contributed by atoms with Crippen molar-refractivity contribution in [3.63, 3.8) is 0 Å². The molecule has 2 rings (SSSR count). The van der Waals surface area contributed by atoms with Crippen LogP contribution in [-0.2, 0) is 9.53 Å². The van der Waals surface area contributed by atoms with Crippen molar-refractivity contribution < 1.29 is 9.53 Å². The number of methoxy groups -OCH3 is 1. The summed E-state index contributed by atoms with van der Waals surface area (Å²) in [6, 6.07) is 0. The van der Waals surface area contributed by atoms with Gasteiger partial charge in [-0.1, -0.05) is 0 Å². The van der Waals surface area contributed by atoms with Crippen LogP contribution in [0, 0.1) is 5.92 Å². The summed E-state index contributed by atoms with van der Waals surface area (Å²) in [5.74, 6) is -0.142. The summed E-state index contributed by atoms with van der Waals surface area (Å²) in [5, 5.41) is 0.892. The number of piperidine rings is 1. The Kier molecular flexibility index (Phi) is 3.15.